The Hall–Kier alpha value is -2.41. The van der Waals surface area contributed by atoms with Gasteiger partial charge in [0.2, 0.25) is 0 Å². The Morgan fingerprint density at radius 3 is 3.08 bits per heavy atom. The molecular weight excluding hydrogens is 308 g/mol. The van der Waals surface area contributed by atoms with Crippen molar-refractivity contribution in [2.75, 3.05) is 26.2 Å². The lowest BCUT2D eigenvalue weighted by molar-refractivity contribution is 0.115. The molecule has 1 atom stereocenters. The molecule has 1 aromatic carbocycles. The van der Waals surface area contributed by atoms with Crippen molar-refractivity contribution in [3.8, 4) is 0 Å². The first kappa shape index (κ1) is 16.4. The second-order valence-corrected chi connectivity index (χ2v) is 5.84. The van der Waals surface area contributed by atoms with E-state index in [9.17, 15) is 9.59 Å². The van der Waals surface area contributed by atoms with Crippen molar-refractivity contribution in [1.29, 1.82) is 0 Å². The Kier molecular flexibility index (Phi) is 5.10. The fourth-order valence-electron chi connectivity index (χ4n) is 2.97. The molecule has 1 fully saturated rings. The number of nitrogens with zero attached hydrogens (tertiary/aromatic N) is 3. The van der Waals surface area contributed by atoms with Crippen LogP contribution in [-0.4, -0.2) is 53.1 Å². The number of ether oxygens (including phenoxy) is 1. The summed E-state index contributed by atoms with van der Waals surface area (Å²) in [7, 11) is 0. The molecule has 1 aliphatic rings. The van der Waals surface area contributed by atoms with Gasteiger partial charge in [-0.3, -0.25) is 4.79 Å². The normalized spacial score (nSPS) is 17.4. The summed E-state index contributed by atoms with van der Waals surface area (Å²) in [4.78, 5) is 25.8. The zero-order valence-electron chi connectivity index (χ0n) is 13.8. The summed E-state index contributed by atoms with van der Waals surface area (Å²) in [6.07, 6.45) is 2.35. The fourth-order valence-corrected chi connectivity index (χ4v) is 2.97. The highest BCUT2D eigenvalue weighted by Crippen LogP contribution is 2.10. The van der Waals surface area contributed by atoms with Crippen molar-refractivity contribution >= 4 is 16.9 Å². The van der Waals surface area contributed by atoms with Crippen LogP contribution < -0.4 is 10.9 Å². The molecule has 1 N–H and O–H groups in total. The molecule has 0 radical (unpaired) electrons. The lowest BCUT2D eigenvalue weighted by Gasteiger charge is -2.16. The van der Waals surface area contributed by atoms with E-state index in [0.717, 1.165) is 11.8 Å². The van der Waals surface area contributed by atoms with Crippen molar-refractivity contribution in [3.63, 3.8) is 0 Å². The maximum atomic E-state index is 12.4. The molecule has 0 saturated carbocycles. The summed E-state index contributed by atoms with van der Waals surface area (Å²) in [5.74, 6) is 0. The van der Waals surface area contributed by atoms with Gasteiger partial charge in [-0.2, -0.15) is 5.10 Å². The van der Waals surface area contributed by atoms with Gasteiger partial charge in [-0.15, -0.1) is 0 Å². The minimum Gasteiger partial charge on any atom is -0.450 e. The summed E-state index contributed by atoms with van der Waals surface area (Å²) < 4.78 is 6.49. The zero-order chi connectivity index (χ0) is 16.9. The van der Waals surface area contributed by atoms with Crippen LogP contribution in [0.1, 0.15) is 13.3 Å². The molecule has 24 heavy (non-hydrogen) atoms. The SMILES string of the molecule is CCOC(=O)N1CC[C@@H](NCCn2ncc3ccccc3c2=O)C1. The second kappa shape index (κ2) is 7.44. The number of hydrogen-bond donors (Lipinski definition) is 1. The van der Waals surface area contributed by atoms with Gasteiger partial charge in [0, 0.05) is 31.1 Å². The monoisotopic (exact) mass is 330 g/mol. The van der Waals surface area contributed by atoms with Crippen LogP contribution in [0.4, 0.5) is 4.79 Å². The number of likely N-dealkylation sites (tertiary alicyclic amines) is 1. The minimum absolute atomic E-state index is 0.0746. The summed E-state index contributed by atoms with van der Waals surface area (Å²) >= 11 is 0. The van der Waals surface area contributed by atoms with E-state index in [4.69, 9.17) is 4.74 Å². The van der Waals surface area contributed by atoms with Crippen molar-refractivity contribution in [2.45, 2.75) is 25.9 Å². The van der Waals surface area contributed by atoms with Gasteiger partial charge >= 0.3 is 6.09 Å². The zero-order valence-corrected chi connectivity index (χ0v) is 13.8. The molecule has 7 heteroatoms. The van der Waals surface area contributed by atoms with Crippen LogP contribution in [0.15, 0.2) is 35.3 Å². The molecule has 1 aromatic heterocycles. The first-order chi connectivity index (χ1) is 11.7. The van der Waals surface area contributed by atoms with Crippen molar-refractivity contribution in [3.05, 3.63) is 40.8 Å². The number of amides is 1. The number of carbonyl (C=O) groups excluding carboxylic acids is 1. The average molecular weight is 330 g/mol. The Bertz CT molecular complexity index is 774. The van der Waals surface area contributed by atoms with Gasteiger partial charge < -0.3 is 15.0 Å². The van der Waals surface area contributed by atoms with Gasteiger partial charge in [-0.25, -0.2) is 9.48 Å². The smallest absolute Gasteiger partial charge is 0.409 e. The summed E-state index contributed by atoms with van der Waals surface area (Å²) in [5.41, 5.74) is -0.0746. The van der Waals surface area contributed by atoms with Crippen molar-refractivity contribution in [2.24, 2.45) is 0 Å². The minimum atomic E-state index is -0.255. The topological polar surface area (TPSA) is 76.5 Å². The van der Waals surface area contributed by atoms with Gasteiger partial charge in [0.1, 0.15) is 0 Å². The predicted octanol–water partition coefficient (Wildman–Crippen LogP) is 1.22. The van der Waals surface area contributed by atoms with Crippen LogP contribution in [0.25, 0.3) is 10.8 Å². The van der Waals surface area contributed by atoms with Gasteiger partial charge in [0.05, 0.1) is 24.7 Å². The molecule has 2 aromatic rings. The molecule has 3 rings (SSSR count). The fraction of sp³-hybridized carbons (Fsp3) is 0.471. The van der Waals surface area contributed by atoms with E-state index in [1.807, 2.05) is 24.3 Å². The predicted molar refractivity (Wildman–Crippen MR) is 91.0 cm³/mol. The third-order valence-corrected chi connectivity index (χ3v) is 4.23. The lowest BCUT2D eigenvalue weighted by atomic mass is 10.2. The Morgan fingerprint density at radius 1 is 1.42 bits per heavy atom. The number of fused-ring (bicyclic) bond motifs is 1. The molecule has 128 valence electrons. The molecule has 1 saturated heterocycles. The lowest BCUT2D eigenvalue weighted by Crippen LogP contribution is -2.38. The van der Waals surface area contributed by atoms with Crippen LogP contribution in [0.5, 0.6) is 0 Å². The molecular formula is C17H22N4O3. The van der Waals surface area contributed by atoms with E-state index in [2.05, 4.69) is 10.4 Å². The Morgan fingerprint density at radius 2 is 2.25 bits per heavy atom. The first-order valence-corrected chi connectivity index (χ1v) is 8.29. The summed E-state index contributed by atoms with van der Waals surface area (Å²) in [6.45, 7) is 4.66. The van der Waals surface area contributed by atoms with Crippen LogP contribution >= 0.6 is 0 Å². The summed E-state index contributed by atoms with van der Waals surface area (Å²) in [5, 5.41) is 9.14. The maximum absolute atomic E-state index is 12.4. The Balaban J connectivity index is 1.53. The van der Waals surface area contributed by atoms with Gasteiger partial charge in [0.25, 0.3) is 5.56 Å². The van der Waals surface area contributed by atoms with Crippen LogP contribution in [0.3, 0.4) is 0 Å². The van der Waals surface area contributed by atoms with E-state index in [1.165, 1.54) is 4.68 Å². The molecule has 0 bridgehead atoms. The van der Waals surface area contributed by atoms with E-state index in [1.54, 1.807) is 18.0 Å². The summed E-state index contributed by atoms with van der Waals surface area (Å²) in [6, 6.07) is 7.68. The molecule has 1 aliphatic heterocycles. The number of carbonyl (C=O) groups is 1. The van der Waals surface area contributed by atoms with Crippen molar-refractivity contribution < 1.29 is 9.53 Å². The van der Waals surface area contributed by atoms with Gasteiger partial charge in [-0.05, 0) is 19.4 Å². The number of hydrogen-bond acceptors (Lipinski definition) is 5. The van der Waals surface area contributed by atoms with E-state index in [0.29, 0.717) is 38.2 Å². The highest BCUT2D eigenvalue weighted by Gasteiger charge is 2.26. The van der Waals surface area contributed by atoms with Crippen LogP contribution in [-0.2, 0) is 11.3 Å². The molecule has 1 amide bonds. The number of aromatic nitrogens is 2. The third-order valence-electron chi connectivity index (χ3n) is 4.23. The maximum Gasteiger partial charge on any atom is 0.409 e. The van der Waals surface area contributed by atoms with Gasteiger partial charge in [-0.1, -0.05) is 18.2 Å². The second-order valence-electron chi connectivity index (χ2n) is 5.84. The first-order valence-electron chi connectivity index (χ1n) is 8.29. The highest BCUT2D eigenvalue weighted by molar-refractivity contribution is 5.80. The molecule has 2 heterocycles. The third kappa shape index (κ3) is 3.56. The molecule has 7 nitrogen and oxygen atoms in total. The number of benzene rings is 1. The quantitative estimate of drug-likeness (QED) is 0.892. The molecule has 0 spiro atoms. The van der Waals surface area contributed by atoms with Crippen LogP contribution in [0, 0.1) is 0 Å². The number of nitrogens with one attached hydrogen (secondary N) is 1. The Labute approximate surface area is 140 Å². The van der Waals surface area contributed by atoms with E-state index >= 15 is 0 Å². The van der Waals surface area contributed by atoms with Crippen LogP contribution in [0.2, 0.25) is 0 Å². The largest absolute Gasteiger partial charge is 0.450 e. The molecule has 0 aliphatic carbocycles. The van der Waals surface area contributed by atoms with E-state index < -0.39 is 0 Å². The standard InChI is InChI=1S/C17H22N4O3/c1-2-24-17(23)20-9-7-14(12-20)18-8-10-21-16(22)15-6-4-3-5-13(15)11-19-21/h3-6,11,14,18H,2,7-10,12H2,1H3/t14-/m1/s1. The highest BCUT2D eigenvalue weighted by atomic mass is 16.6. The van der Waals surface area contributed by atoms with Gasteiger partial charge in [0.15, 0.2) is 0 Å². The average Bonchev–Trinajstić information content (AvgIpc) is 3.06. The van der Waals surface area contributed by atoms with E-state index in [-0.39, 0.29) is 17.7 Å². The van der Waals surface area contributed by atoms with Crippen molar-refractivity contribution in [1.82, 2.24) is 20.0 Å². The molecule has 0 unspecified atom stereocenters. The number of rotatable bonds is 5.